The molecule has 0 atom stereocenters. The number of amides is 1. The van der Waals surface area contributed by atoms with Crippen molar-refractivity contribution in [1.82, 2.24) is 9.97 Å². The van der Waals surface area contributed by atoms with Crippen LogP contribution in [0.15, 0.2) is 42.7 Å². The van der Waals surface area contributed by atoms with Crippen LogP contribution in [0.2, 0.25) is 0 Å². The first-order chi connectivity index (χ1) is 9.15. The third-order valence-electron chi connectivity index (χ3n) is 2.37. The van der Waals surface area contributed by atoms with Crippen LogP contribution in [0.5, 0.6) is 0 Å². The van der Waals surface area contributed by atoms with E-state index in [1.54, 1.807) is 36.7 Å². The Kier molecular flexibility index (Phi) is 4.07. The molecule has 2 rings (SSSR count). The van der Waals surface area contributed by atoms with E-state index in [9.17, 15) is 4.79 Å². The number of hydrogen-bond donors (Lipinski definition) is 2. The van der Waals surface area contributed by atoms with Crippen molar-refractivity contribution in [2.24, 2.45) is 0 Å². The second-order valence-corrected chi connectivity index (χ2v) is 4.40. The second kappa shape index (κ2) is 5.95. The van der Waals surface area contributed by atoms with Crippen molar-refractivity contribution >= 4 is 17.5 Å². The number of nitrogens with one attached hydrogen (secondary N) is 2. The van der Waals surface area contributed by atoms with Gasteiger partial charge in [0.1, 0.15) is 11.6 Å². The van der Waals surface area contributed by atoms with Crippen LogP contribution in [-0.2, 0) is 0 Å². The maximum atomic E-state index is 12.0. The number of anilines is 2. The van der Waals surface area contributed by atoms with Gasteiger partial charge in [0.2, 0.25) is 0 Å². The van der Waals surface area contributed by atoms with E-state index in [4.69, 9.17) is 0 Å². The molecule has 0 radical (unpaired) electrons. The minimum Gasteiger partial charge on any atom is -0.368 e. The lowest BCUT2D eigenvalue weighted by Gasteiger charge is -2.10. The molecule has 0 aliphatic carbocycles. The van der Waals surface area contributed by atoms with Gasteiger partial charge in [0, 0.05) is 24.0 Å². The van der Waals surface area contributed by atoms with E-state index in [0.717, 1.165) is 0 Å². The van der Waals surface area contributed by atoms with Crippen LogP contribution in [0.4, 0.5) is 11.6 Å². The fraction of sp³-hybridized carbons (Fsp3) is 0.214. The summed E-state index contributed by atoms with van der Waals surface area (Å²) in [6.45, 7) is 4.03. The largest absolute Gasteiger partial charge is 0.368 e. The summed E-state index contributed by atoms with van der Waals surface area (Å²) in [4.78, 5) is 20.3. The molecule has 0 bridgehead atoms. The molecule has 0 aromatic carbocycles. The summed E-state index contributed by atoms with van der Waals surface area (Å²) >= 11 is 0. The number of rotatable bonds is 4. The molecule has 0 aliphatic heterocycles. The quantitative estimate of drug-likeness (QED) is 0.882. The molecule has 0 unspecified atom stereocenters. The average Bonchev–Trinajstić information content (AvgIpc) is 2.39. The highest BCUT2D eigenvalue weighted by molar-refractivity contribution is 6.04. The normalized spacial score (nSPS) is 10.3. The summed E-state index contributed by atoms with van der Waals surface area (Å²) in [5, 5.41) is 5.89. The predicted octanol–water partition coefficient (Wildman–Crippen LogP) is 2.55. The molecule has 5 heteroatoms. The van der Waals surface area contributed by atoms with Gasteiger partial charge < -0.3 is 10.6 Å². The molecule has 98 valence electrons. The lowest BCUT2D eigenvalue weighted by atomic mass is 10.2. The Bertz CT molecular complexity index is 554. The third kappa shape index (κ3) is 3.77. The molecule has 0 spiro atoms. The molecule has 2 aromatic heterocycles. The van der Waals surface area contributed by atoms with E-state index >= 15 is 0 Å². The molecule has 5 nitrogen and oxygen atoms in total. The molecule has 0 aliphatic rings. The minimum atomic E-state index is -0.201. The second-order valence-electron chi connectivity index (χ2n) is 4.40. The summed E-state index contributed by atoms with van der Waals surface area (Å²) in [7, 11) is 0. The van der Waals surface area contributed by atoms with E-state index in [1.165, 1.54) is 0 Å². The van der Waals surface area contributed by atoms with Gasteiger partial charge in [0.05, 0.1) is 0 Å². The predicted molar refractivity (Wildman–Crippen MR) is 75.2 cm³/mol. The molecule has 1 amide bonds. The van der Waals surface area contributed by atoms with E-state index in [1.807, 2.05) is 19.9 Å². The average molecular weight is 256 g/mol. The van der Waals surface area contributed by atoms with E-state index in [2.05, 4.69) is 20.6 Å². The Morgan fingerprint density at radius 3 is 2.58 bits per heavy atom. The summed E-state index contributed by atoms with van der Waals surface area (Å²) in [5.41, 5.74) is 0.545. The van der Waals surface area contributed by atoms with E-state index in [0.29, 0.717) is 17.2 Å². The van der Waals surface area contributed by atoms with Crippen molar-refractivity contribution in [1.29, 1.82) is 0 Å². The summed E-state index contributed by atoms with van der Waals surface area (Å²) < 4.78 is 0. The van der Waals surface area contributed by atoms with Crippen LogP contribution < -0.4 is 10.6 Å². The Morgan fingerprint density at radius 1 is 1.11 bits per heavy atom. The van der Waals surface area contributed by atoms with Crippen molar-refractivity contribution in [3.63, 3.8) is 0 Å². The summed E-state index contributed by atoms with van der Waals surface area (Å²) in [6, 6.07) is 9.02. The first-order valence-electron chi connectivity index (χ1n) is 6.10. The molecule has 0 fully saturated rings. The molecule has 0 saturated heterocycles. The highest BCUT2D eigenvalue weighted by atomic mass is 16.1. The van der Waals surface area contributed by atoms with Crippen LogP contribution in [0.25, 0.3) is 0 Å². The summed E-state index contributed by atoms with van der Waals surface area (Å²) in [6.07, 6.45) is 3.24. The van der Waals surface area contributed by atoms with Crippen molar-refractivity contribution in [2.45, 2.75) is 19.9 Å². The van der Waals surface area contributed by atoms with Crippen LogP contribution in [0.3, 0.4) is 0 Å². The van der Waals surface area contributed by atoms with E-state index < -0.39 is 0 Å². The van der Waals surface area contributed by atoms with Crippen molar-refractivity contribution in [2.75, 3.05) is 10.6 Å². The van der Waals surface area contributed by atoms with E-state index in [-0.39, 0.29) is 11.9 Å². The first kappa shape index (κ1) is 13.0. The Hall–Kier alpha value is -2.43. The molecular formula is C14H16N4O. The molecular weight excluding hydrogens is 240 g/mol. The van der Waals surface area contributed by atoms with Gasteiger partial charge in [0.25, 0.3) is 5.91 Å². The van der Waals surface area contributed by atoms with Gasteiger partial charge in [-0.2, -0.15) is 0 Å². The first-order valence-corrected chi connectivity index (χ1v) is 6.10. The third-order valence-corrected chi connectivity index (χ3v) is 2.37. The van der Waals surface area contributed by atoms with Crippen LogP contribution in [-0.4, -0.2) is 21.9 Å². The van der Waals surface area contributed by atoms with Gasteiger partial charge in [-0.15, -0.1) is 0 Å². The van der Waals surface area contributed by atoms with Crippen LogP contribution in [0.1, 0.15) is 24.2 Å². The molecule has 0 saturated carbocycles. The van der Waals surface area contributed by atoms with Gasteiger partial charge in [-0.3, -0.25) is 4.79 Å². The monoisotopic (exact) mass is 256 g/mol. The van der Waals surface area contributed by atoms with Crippen LogP contribution >= 0.6 is 0 Å². The maximum absolute atomic E-state index is 12.0. The zero-order valence-electron chi connectivity index (χ0n) is 10.9. The number of carbonyl (C=O) groups excluding carboxylic acids is 1. The minimum absolute atomic E-state index is 0.201. The lowest BCUT2D eigenvalue weighted by Crippen LogP contribution is -2.15. The van der Waals surface area contributed by atoms with Crippen LogP contribution in [0, 0.1) is 0 Å². The lowest BCUT2D eigenvalue weighted by molar-refractivity contribution is 0.102. The molecule has 2 aromatic rings. The number of carbonyl (C=O) groups is 1. The number of pyridine rings is 2. The Balaban J connectivity index is 2.11. The van der Waals surface area contributed by atoms with Crippen molar-refractivity contribution in [3.05, 3.63) is 48.3 Å². The summed E-state index contributed by atoms with van der Waals surface area (Å²) in [5.74, 6) is 1.01. The Labute approximate surface area is 112 Å². The standard InChI is InChI=1S/C14H16N4O/c1-10(2)17-13-9-11(6-8-16-13)14(19)18-12-5-3-4-7-15-12/h3-10H,1-2H3,(H,16,17)(H,15,18,19). The van der Waals surface area contributed by atoms with Gasteiger partial charge in [-0.25, -0.2) is 9.97 Å². The fourth-order valence-corrected chi connectivity index (χ4v) is 1.57. The highest BCUT2D eigenvalue weighted by Crippen LogP contribution is 2.10. The number of hydrogen-bond acceptors (Lipinski definition) is 4. The zero-order chi connectivity index (χ0) is 13.7. The SMILES string of the molecule is CC(C)Nc1cc(C(=O)Nc2ccccn2)ccn1. The molecule has 2 N–H and O–H groups in total. The van der Waals surface area contributed by atoms with Gasteiger partial charge in [-0.1, -0.05) is 6.07 Å². The molecule has 19 heavy (non-hydrogen) atoms. The zero-order valence-corrected chi connectivity index (χ0v) is 10.9. The highest BCUT2D eigenvalue weighted by Gasteiger charge is 2.08. The Morgan fingerprint density at radius 2 is 1.89 bits per heavy atom. The van der Waals surface area contributed by atoms with Crippen molar-refractivity contribution < 1.29 is 4.79 Å². The smallest absolute Gasteiger partial charge is 0.257 e. The van der Waals surface area contributed by atoms with Gasteiger partial charge in [-0.05, 0) is 38.1 Å². The van der Waals surface area contributed by atoms with Crippen molar-refractivity contribution in [3.8, 4) is 0 Å². The number of nitrogens with zero attached hydrogens (tertiary/aromatic N) is 2. The molecule has 2 heterocycles. The fourth-order valence-electron chi connectivity index (χ4n) is 1.57. The number of aromatic nitrogens is 2. The topological polar surface area (TPSA) is 66.9 Å². The maximum Gasteiger partial charge on any atom is 0.257 e. The van der Waals surface area contributed by atoms with Gasteiger partial charge in [0.15, 0.2) is 0 Å². The van der Waals surface area contributed by atoms with Gasteiger partial charge >= 0.3 is 0 Å².